The van der Waals surface area contributed by atoms with E-state index in [1.807, 2.05) is 85.4 Å². The number of amides is 1. The van der Waals surface area contributed by atoms with E-state index in [4.69, 9.17) is 0 Å². The van der Waals surface area contributed by atoms with Gasteiger partial charge in [0.1, 0.15) is 0 Å². The molecule has 152 valence electrons. The number of hydrogen-bond donors (Lipinski definition) is 1. The van der Waals surface area contributed by atoms with Crippen molar-refractivity contribution in [2.24, 2.45) is 5.92 Å². The van der Waals surface area contributed by atoms with Gasteiger partial charge < -0.3 is 5.32 Å². The Hall–Kier alpha value is -3.47. The monoisotopic (exact) mass is 398 g/mol. The van der Waals surface area contributed by atoms with E-state index in [0.29, 0.717) is 5.78 Å². The Morgan fingerprint density at radius 2 is 1.80 bits per heavy atom. The highest BCUT2D eigenvalue weighted by molar-refractivity contribution is 5.97. The zero-order valence-electron chi connectivity index (χ0n) is 17.8. The first-order valence-electron chi connectivity index (χ1n) is 10.2. The molecule has 0 aliphatic carbocycles. The van der Waals surface area contributed by atoms with Gasteiger partial charge in [-0.15, -0.1) is 0 Å². The van der Waals surface area contributed by atoms with Gasteiger partial charge in [-0.2, -0.15) is 0 Å². The second-order valence-electron chi connectivity index (χ2n) is 8.12. The summed E-state index contributed by atoms with van der Waals surface area (Å²) in [4.78, 5) is 22.2. The summed E-state index contributed by atoms with van der Waals surface area (Å²) in [6.45, 7) is 8.16. The van der Waals surface area contributed by atoms with Crippen LogP contribution in [0.2, 0.25) is 0 Å². The smallest absolute Gasteiger partial charge is 0.234 e. The third-order valence-corrected chi connectivity index (χ3v) is 5.34. The van der Waals surface area contributed by atoms with Gasteiger partial charge in [-0.05, 0) is 42.5 Å². The summed E-state index contributed by atoms with van der Waals surface area (Å²) in [7, 11) is 0. The van der Waals surface area contributed by atoms with Crippen molar-refractivity contribution in [1.82, 2.24) is 14.4 Å². The summed E-state index contributed by atoms with van der Waals surface area (Å²) in [5, 5.41) is 3.15. The molecule has 2 aromatic heterocycles. The molecule has 1 amide bonds. The maximum absolute atomic E-state index is 13.2. The quantitative estimate of drug-likeness (QED) is 0.490. The minimum atomic E-state index is -0.211. The van der Waals surface area contributed by atoms with Gasteiger partial charge >= 0.3 is 0 Å². The topological polar surface area (TPSA) is 59.3 Å². The van der Waals surface area contributed by atoms with Crippen LogP contribution in [0.5, 0.6) is 0 Å². The molecule has 0 radical (unpaired) electrons. The van der Waals surface area contributed by atoms with E-state index in [9.17, 15) is 4.79 Å². The number of carbonyl (C=O) groups is 1. The fourth-order valence-corrected chi connectivity index (χ4v) is 3.75. The first-order valence-corrected chi connectivity index (χ1v) is 10.2. The summed E-state index contributed by atoms with van der Waals surface area (Å²) in [5.41, 5.74) is 5.69. The van der Waals surface area contributed by atoms with Gasteiger partial charge in [0.25, 0.3) is 0 Å². The van der Waals surface area contributed by atoms with E-state index in [0.717, 1.165) is 33.6 Å². The molecular weight excluding hydrogens is 372 g/mol. The molecule has 2 aromatic carbocycles. The summed E-state index contributed by atoms with van der Waals surface area (Å²) >= 11 is 0. The normalized spacial score (nSPS) is 12.3. The molecule has 5 nitrogen and oxygen atoms in total. The van der Waals surface area contributed by atoms with E-state index in [-0.39, 0.29) is 17.7 Å². The molecule has 4 aromatic rings. The lowest BCUT2D eigenvalue weighted by atomic mass is 9.87. The minimum absolute atomic E-state index is 0.00347. The molecule has 0 bridgehead atoms. The third kappa shape index (κ3) is 3.96. The maximum atomic E-state index is 13.2. The van der Waals surface area contributed by atoms with Crippen LogP contribution in [0, 0.1) is 19.8 Å². The molecule has 0 saturated carbocycles. The number of nitrogens with zero attached hydrogens (tertiary/aromatic N) is 3. The zero-order chi connectivity index (χ0) is 21.3. The highest BCUT2D eigenvalue weighted by Gasteiger charge is 2.24. The number of nitrogens with one attached hydrogen (secondary N) is 1. The van der Waals surface area contributed by atoms with Gasteiger partial charge in [0.05, 0.1) is 11.6 Å². The summed E-state index contributed by atoms with van der Waals surface area (Å²) in [6, 6.07) is 16.0. The molecule has 0 fully saturated rings. The van der Waals surface area contributed by atoms with E-state index in [2.05, 4.69) is 29.1 Å². The van der Waals surface area contributed by atoms with Gasteiger partial charge in [-0.3, -0.25) is 9.20 Å². The van der Waals surface area contributed by atoms with Gasteiger partial charge in [0, 0.05) is 29.8 Å². The Labute approximate surface area is 176 Å². The number of carbonyl (C=O) groups excluding carboxylic acids is 1. The van der Waals surface area contributed by atoms with Gasteiger partial charge in [0.2, 0.25) is 11.7 Å². The summed E-state index contributed by atoms with van der Waals surface area (Å²) in [5.74, 6) is 0.634. The largest absolute Gasteiger partial charge is 0.325 e. The van der Waals surface area contributed by atoms with Crippen LogP contribution in [-0.4, -0.2) is 20.3 Å². The molecular formula is C25H26N4O. The highest BCUT2D eigenvalue weighted by Crippen LogP contribution is 2.29. The number of anilines is 1. The Morgan fingerprint density at radius 3 is 2.53 bits per heavy atom. The fraction of sp³-hybridized carbons (Fsp3) is 0.240. The lowest BCUT2D eigenvalue weighted by molar-refractivity contribution is -0.118. The van der Waals surface area contributed by atoms with Crippen LogP contribution in [0.3, 0.4) is 0 Å². The van der Waals surface area contributed by atoms with Gasteiger partial charge in [-0.1, -0.05) is 56.3 Å². The van der Waals surface area contributed by atoms with Gasteiger partial charge in [-0.25, -0.2) is 9.97 Å². The second-order valence-corrected chi connectivity index (χ2v) is 8.12. The van der Waals surface area contributed by atoms with Crippen molar-refractivity contribution in [2.45, 2.75) is 33.6 Å². The second kappa shape index (κ2) is 8.11. The standard InChI is InChI=1S/C25H26N4O/c1-16(2)23(19-8-6-5-7-9-19)24(30)27-21-12-20(11-10-18(21)4)22-15-29-14-17(3)13-26-25(29)28-22/h5-16,23H,1-4H3,(H,27,30). The lowest BCUT2D eigenvalue weighted by Gasteiger charge is -2.21. The third-order valence-electron chi connectivity index (χ3n) is 5.34. The van der Waals surface area contributed by atoms with Crippen LogP contribution in [-0.2, 0) is 4.79 Å². The Balaban J connectivity index is 1.65. The van der Waals surface area contributed by atoms with Crippen molar-refractivity contribution in [3.63, 3.8) is 0 Å². The van der Waals surface area contributed by atoms with Crippen molar-refractivity contribution in [3.8, 4) is 11.3 Å². The summed E-state index contributed by atoms with van der Waals surface area (Å²) in [6.07, 6.45) is 5.78. The predicted molar refractivity (Wildman–Crippen MR) is 121 cm³/mol. The Bertz CT molecular complexity index is 1190. The number of hydrogen-bond acceptors (Lipinski definition) is 3. The number of benzene rings is 2. The molecule has 1 N–H and O–H groups in total. The molecule has 1 unspecified atom stereocenters. The van der Waals surface area contributed by atoms with E-state index < -0.39 is 0 Å². The Morgan fingerprint density at radius 1 is 1.03 bits per heavy atom. The van der Waals surface area contributed by atoms with Gasteiger partial charge in [0.15, 0.2) is 0 Å². The fourth-order valence-electron chi connectivity index (χ4n) is 3.75. The number of imidazole rings is 1. The van der Waals surface area contributed by atoms with Crippen LogP contribution >= 0.6 is 0 Å². The minimum Gasteiger partial charge on any atom is -0.325 e. The van der Waals surface area contributed by atoms with Crippen molar-refractivity contribution in [2.75, 3.05) is 5.32 Å². The average molecular weight is 399 g/mol. The first kappa shape index (κ1) is 19.8. The van der Waals surface area contributed by atoms with E-state index in [1.165, 1.54) is 0 Å². The molecule has 0 aliphatic rings. The molecule has 0 aliphatic heterocycles. The number of aryl methyl sites for hydroxylation is 2. The molecule has 2 heterocycles. The molecule has 4 rings (SSSR count). The lowest BCUT2D eigenvalue weighted by Crippen LogP contribution is -2.25. The molecule has 0 saturated heterocycles. The molecule has 30 heavy (non-hydrogen) atoms. The zero-order valence-corrected chi connectivity index (χ0v) is 17.8. The van der Waals surface area contributed by atoms with E-state index >= 15 is 0 Å². The van der Waals surface area contributed by atoms with Crippen molar-refractivity contribution >= 4 is 17.4 Å². The first-order chi connectivity index (χ1) is 14.4. The van der Waals surface area contributed by atoms with Crippen LogP contribution in [0.25, 0.3) is 17.0 Å². The van der Waals surface area contributed by atoms with Crippen molar-refractivity contribution in [1.29, 1.82) is 0 Å². The van der Waals surface area contributed by atoms with Crippen LogP contribution in [0.15, 0.2) is 67.1 Å². The molecule has 1 atom stereocenters. The van der Waals surface area contributed by atoms with E-state index in [1.54, 1.807) is 0 Å². The summed E-state index contributed by atoms with van der Waals surface area (Å²) < 4.78 is 1.92. The highest BCUT2D eigenvalue weighted by atomic mass is 16.1. The van der Waals surface area contributed by atoms with Crippen LogP contribution in [0.4, 0.5) is 5.69 Å². The van der Waals surface area contributed by atoms with Crippen molar-refractivity contribution in [3.05, 3.63) is 83.8 Å². The average Bonchev–Trinajstić information content (AvgIpc) is 3.13. The van der Waals surface area contributed by atoms with Crippen LogP contribution < -0.4 is 5.32 Å². The van der Waals surface area contributed by atoms with Crippen LogP contribution in [0.1, 0.15) is 36.5 Å². The molecule has 5 heteroatoms. The Kier molecular flexibility index (Phi) is 5.36. The molecule has 0 spiro atoms. The number of aromatic nitrogens is 3. The number of rotatable bonds is 5. The number of fused-ring (bicyclic) bond motifs is 1. The SMILES string of the molecule is Cc1cnc2nc(-c3ccc(C)c(NC(=O)C(c4ccccc4)C(C)C)c3)cn2c1. The van der Waals surface area contributed by atoms with Crippen molar-refractivity contribution < 1.29 is 4.79 Å². The maximum Gasteiger partial charge on any atom is 0.234 e. The predicted octanol–water partition coefficient (Wildman–Crippen LogP) is 5.39.